The van der Waals surface area contributed by atoms with Crippen molar-refractivity contribution in [1.82, 2.24) is 4.90 Å². The number of likely N-dealkylation sites (tertiary alicyclic amines) is 1. The summed E-state index contributed by atoms with van der Waals surface area (Å²) in [5.41, 5.74) is 2.26. The summed E-state index contributed by atoms with van der Waals surface area (Å²) < 4.78 is 0. The first-order valence-electron chi connectivity index (χ1n) is 7.00. The summed E-state index contributed by atoms with van der Waals surface area (Å²) in [6.45, 7) is 1.80. The van der Waals surface area contributed by atoms with Gasteiger partial charge < -0.3 is 5.11 Å². The van der Waals surface area contributed by atoms with Crippen LogP contribution in [0.25, 0.3) is 0 Å². The number of halogens is 1. The molecule has 0 saturated carbocycles. The molecular formula is C17H18ClNO. The van der Waals surface area contributed by atoms with Gasteiger partial charge in [-0.25, -0.2) is 0 Å². The van der Waals surface area contributed by atoms with Crippen LogP contribution in [0.3, 0.4) is 0 Å². The van der Waals surface area contributed by atoms with Crippen molar-refractivity contribution in [3.8, 4) is 5.75 Å². The zero-order valence-electron chi connectivity index (χ0n) is 11.3. The van der Waals surface area contributed by atoms with Crippen LogP contribution in [-0.4, -0.2) is 16.6 Å². The van der Waals surface area contributed by atoms with Crippen LogP contribution in [0.5, 0.6) is 5.75 Å². The summed E-state index contributed by atoms with van der Waals surface area (Å²) in [5, 5.41) is 10.6. The average molecular weight is 288 g/mol. The van der Waals surface area contributed by atoms with E-state index in [-0.39, 0.29) is 0 Å². The lowest BCUT2D eigenvalue weighted by Gasteiger charge is -2.25. The maximum Gasteiger partial charge on any atom is 0.120 e. The first kappa shape index (κ1) is 13.5. The molecule has 3 rings (SSSR count). The van der Waals surface area contributed by atoms with Gasteiger partial charge in [-0.3, -0.25) is 4.90 Å². The van der Waals surface area contributed by atoms with Crippen LogP contribution in [-0.2, 0) is 6.54 Å². The van der Waals surface area contributed by atoms with E-state index in [4.69, 9.17) is 11.6 Å². The van der Waals surface area contributed by atoms with Crippen molar-refractivity contribution >= 4 is 11.6 Å². The van der Waals surface area contributed by atoms with Crippen molar-refractivity contribution in [2.75, 3.05) is 6.54 Å². The summed E-state index contributed by atoms with van der Waals surface area (Å²) in [5.74, 6) is 0.327. The average Bonchev–Trinajstić information content (AvgIpc) is 2.92. The SMILES string of the molecule is Oc1ccc(Cl)cc1CN1CCCC1c1ccccc1. The molecular weight excluding hydrogens is 270 g/mol. The summed E-state index contributed by atoms with van der Waals surface area (Å²) >= 11 is 6.03. The van der Waals surface area contributed by atoms with E-state index >= 15 is 0 Å². The lowest BCUT2D eigenvalue weighted by Crippen LogP contribution is -2.22. The Morgan fingerprint density at radius 1 is 1.15 bits per heavy atom. The first-order valence-corrected chi connectivity index (χ1v) is 7.38. The molecule has 1 N–H and O–H groups in total. The van der Waals surface area contributed by atoms with Crippen molar-refractivity contribution in [3.63, 3.8) is 0 Å². The third-order valence-electron chi connectivity index (χ3n) is 3.96. The molecule has 20 heavy (non-hydrogen) atoms. The van der Waals surface area contributed by atoms with Crippen LogP contribution in [0.1, 0.15) is 30.0 Å². The third-order valence-corrected chi connectivity index (χ3v) is 4.20. The van der Waals surface area contributed by atoms with Crippen molar-refractivity contribution < 1.29 is 5.11 Å². The molecule has 0 radical (unpaired) electrons. The van der Waals surface area contributed by atoms with Crippen molar-refractivity contribution in [2.24, 2.45) is 0 Å². The smallest absolute Gasteiger partial charge is 0.120 e. The predicted molar refractivity (Wildman–Crippen MR) is 81.9 cm³/mol. The lowest BCUT2D eigenvalue weighted by molar-refractivity contribution is 0.245. The molecule has 0 aliphatic carbocycles. The Morgan fingerprint density at radius 2 is 1.95 bits per heavy atom. The van der Waals surface area contributed by atoms with Gasteiger partial charge in [0, 0.05) is 23.2 Å². The largest absolute Gasteiger partial charge is 0.508 e. The molecule has 1 aliphatic heterocycles. The van der Waals surface area contributed by atoms with Gasteiger partial charge in [-0.1, -0.05) is 41.9 Å². The van der Waals surface area contributed by atoms with Crippen molar-refractivity contribution in [3.05, 3.63) is 64.7 Å². The van der Waals surface area contributed by atoms with Gasteiger partial charge in [0.15, 0.2) is 0 Å². The molecule has 0 bridgehead atoms. The van der Waals surface area contributed by atoms with Crippen LogP contribution < -0.4 is 0 Å². The standard InChI is InChI=1S/C17H18ClNO/c18-15-8-9-17(20)14(11-15)12-19-10-4-7-16(19)13-5-2-1-3-6-13/h1-3,5-6,8-9,11,16,20H,4,7,10,12H2. The highest BCUT2D eigenvalue weighted by Gasteiger charge is 2.26. The van der Waals surface area contributed by atoms with E-state index in [1.807, 2.05) is 12.1 Å². The fraction of sp³-hybridized carbons (Fsp3) is 0.294. The Hall–Kier alpha value is -1.51. The van der Waals surface area contributed by atoms with Crippen molar-refractivity contribution in [2.45, 2.75) is 25.4 Å². The molecule has 1 aliphatic rings. The van der Waals surface area contributed by atoms with Crippen LogP contribution in [0.4, 0.5) is 0 Å². The Labute approximate surface area is 124 Å². The molecule has 1 fully saturated rings. The minimum absolute atomic E-state index is 0.327. The van der Waals surface area contributed by atoms with Crippen LogP contribution in [0, 0.1) is 0 Å². The Balaban J connectivity index is 1.81. The fourth-order valence-corrected chi connectivity index (χ4v) is 3.16. The van der Waals surface area contributed by atoms with Crippen LogP contribution >= 0.6 is 11.6 Å². The number of nitrogens with zero attached hydrogens (tertiary/aromatic N) is 1. The molecule has 2 nitrogen and oxygen atoms in total. The van der Waals surface area contributed by atoms with Crippen molar-refractivity contribution in [1.29, 1.82) is 0 Å². The summed E-state index contributed by atoms with van der Waals surface area (Å²) in [4.78, 5) is 2.42. The van der Waals surface area contributed by atoms with Crippen LogP contribution in [0.15, 0.2) is 48.5 Å². The van der Waals surface area contributed by atoms with E-state index in [0.29, 0.717) is 16.8 Å². The Morgan fingerprint density at radius 3 is 2.75 bits per heavy atom. The van der Waals surface area contributed by atoms with E-state index in [0.717, 1.165) is 18.7 Å². The molecule has 0 amide bonds. The molecule has 1 unspecified atom stereocenters. The number of aromatic hydroxyl groups is 1. The quantitative estimate of drug-likeness (QED) is 0.905. The van der Waals surface area contributed by atoms with Gasteiger partial charge in [-0.05, 0) is 43.1 Å². The molecule has 1 heterocycles. The minimum atomic E-state index is 0.327. The number of rotatable bonds is 3. The van der Waals surface area contributed by atoms with Crippen LogP contribution in [0.2, 0.25) is 5.02 Å². The highest BCUT2D eigenvalue weighted by Crippen LogP contribution is 2.34. The second kappa shape index (κ2) is 5.86. The summed E-state index contributed by atoms with van der Waals surface area (Å²) in [6.07, 6.45) is 2.37. The van der Waals surface area contributed by atoms with Gasteiger partial charge in [0.2, 0.25) is 0 Å². The monoisotopic (exact) mass is 287 g/mol. The van der Waals surface area contributed by atoms with E-state index in [1.165, 1.54) is 18.4 Å². The Bertz CT molecular complexity index is 585. The Kier molecular flexibility index (Phi) is 3.95. The second-order valence-corrected chi connectivity index (χ2v) is 5.75. The zero-order valence-corrected chi connectivity index (χ0v) is 12.1. The van der Waals surface area contributed by atoms with Gasteiger partial charge in [0.25, 0.3) is 0 Å². The van der Waals surface area contributed by atoms with E-state index < -0.39 is 0 Å². The number of hydrogen-bond acceptors (Lipinski definition) is 2. The van der Waals surface area contributed by atoms with Gasteiger partial charge in [-0.15, -0.1) is 0 Å². The van der Waals surface area contributed by atoms with Gasteiger partial charge in [0.1, 0.15) is 5.75 Å². The molecule has 104 valence electrons. The molecule has 2 aromatic carbocycles. The highest BCUT2D eigenvalue weighted by atomic mass is 35.5. The van der Waals surface area contributed by atoms with Gasteiger partial charge in [0.05, 0.1) is 0 Å². The summed E-state index contributed by atoms with van der Waals surface area (Å²) in [7, 11) is 0. The molecule has 0 spiro atoms. The van der Waals surface area contributed by atoms with E-state index in [2.05, 4.69) is 29.2 Å². The van der Waals surface area contributed by atoms with Gasteiger partial charge in [-0.2, -0.15) is 0 Å². The summed E-state index contributed by atoms with van der Waals surface area (Å²) in [6, 6.07) is 16.3. The highest BCUT2D eigenvalue weighted by molar-refractivity contribution is 6.30. The zero-order chi connectivity index (χ0) is 13.9. The number of phenols is 1. The second-order valence-electron chi connectivity index (χ2n) is 5.31. The predicted octanol–water partition coefficient (Wildman–Crippen LogP) is 4.38. The number of hydrogen-bond donors (Lipinski definition) is 1. The molecule has 1 saturated heterocycles. The molecule has 0 aromatic heterocycles. The van der Waals surface area contributed by atoms with Gasteiger partial charge >= 0.3 is 0 Å². The maximum absolute atomic E-state index is 9.97. The molecule has 1 atom stereocenters. The minimum Gasteiger partial charge on any atom is -0.508 e. The van der Waals surface area contributed by atoms with E-state index in [1.54, 1.807) is 12.1 Å². The first-order chi connectivity index (χ1) is 9.74. The topological polar surface area (TPSA) is 23.5 Å². The number of benzene rings is 2. The van der Waals surface area contributed by atoms with E-state index in [9.17, 15) is 5.11 Å². The fourth-order valence-electron chi connectivity index (χ4n) is 2.97. The molecule has 3 heteroatoms. The normalized spacial score (nSPS) is 19.4. The maximum atomic E-state index is 9.97. The number of phenolic OH excluding ortho intramolecular Hbond substituents is 1. The lowest BCUT2D eigenvalue weighted by atomic mass is 10.0. The molecule has 2 aromatic rings. The third kappa shape index (κ3) is 2.82.